The van der Waals surface area contributed by atoms with Crippen molar-refractivity contribution in [2.24, 2.45) is 0 Å². The van der Waals surface area contributed by atoms with Crippen molar-refractivity contribution in [3.8, 4) is 0 Å². The number of hydrogen-bond acceptors (Lipinski definition) is 3. The summed E-state index contributed by atoms with van der Waals surface area (Å²) in [7, 11) is 1.41. The normalized spacial score (nSPS) is 11.5. The quantitative estimate of drug-likeness (QED) is 0.684. The number of amides is 4. The van der Waals surface area contributed by atoms with Crippen LogP contribution in [0.25, 0.3) is 0 Å². The van der Waals surface area contributed by atoms with Gasteiger partial charge in [0.1, 0.15) is 11.9 Å². The lowest BCUT2D eigenvalue weighted by atomic mass is 10.4. The van der Waals surface area contributed by atoms with Crippen LogP contribution in [0.1, 0.15) is 13.8 Å². The minimum Gasteiger partial charge on any atom is -0.355 e. The average Bonchev–Trinajstić information content (AvgIpc) is 2.17. The monoisotopic (exact) mass is 249 g/mol. The van der Waals surface area contributed by atoms with E-state index in [1.54, 1.807) is 6.92 Å². The molecule has 0 bridgehead atoms. The Morgan fingerprint density at radius 3 is 2.38 bits per heavy atom. The fourth-order valence-corrected chi connectivity index (χ4v) is 0.895. The SMILES string of the molecule is CCNC(=O)CN(C)C(=O)NC(=O)C(C)Cl. The van der Waals surface area contributed by atoms with Crippen molar-refractivity contribution >= 4 is 29.4 Å². The molecule has 92 valence electrons. The number of hydrogen-bond donors (Lipinski definition) is 2. The van der Waals surface area contributed by atoms with Gasteiger partial charge in [0.05, 0.1) is 0 Å². The number of carbonyl (C=O) groups excluding carboxylic acids is 3. The molecule has 4 amide bonds. The Morgan fingerprint density at radius 1 is 1.38 bits per heavy atom. The van der Waals surface area contributed by atoms with Gasteiger partial charge in [0.15, 0.2) is 0 Å². The predicted octanol–water partition coefficient (Wildman–Crippen LogP) is -0.0822. The summed E-state index contributed by atoms with van der Waals surface area (Å²) in [6, 6.07) is -0.649. The van der Waals surface area contributed by atoms with Crippen LogP contribution in [0.2, 0.25) is 0 Å². The molecule has 0 fully saturated rings. The number of imide groups is 1. The minimum atomic E-state index is -0.790. The van der Waals surface area contributed by atoms with Gasteiger partial charge in [-0.3, -0.25) is 14.9 Å². The zero-order chi connectivity index (χ0) is 12.7. The molecule has 1 unspecified atom stereocenters. The largest absolute Gasteiger partial charge is 0.355 e. The maximum absolute atomic E-state index is 11.4. The molecule has 0 heterocycles. The molecule has 0 aromatic heterocycles. The van der Waals surface area contributed by atoms with Crippen LogP contribution in [-0.4, -0.2) is 48.3 Å². The van der Waals surface area contributed by atoms with Gasteiger partial charge < -0.3 is 10.2 Å². The van der Waals surface area contributed by atoms with Crippen molar-refractivity contribution in [2.45, 2.75) is 19.2 Å². The van der Waals surface area contributed by atoms with E-state index >= 15 is 0 Å². The number of alkyl halides is 1. The highest BCUT2D eigenvalue weighted by molar-refractivity contribution is 6.31. The van der Waals surface area contributed by atoms with Crippen LogP contribution in [0.15, 0.2) is 0 Å². The number of likely N-dealkylation sites (N-methyl/N-ethyl adjacent to an activating group) is 2. The molecule has 0 aliphatic heterocycles. The van der Waals surface area contributed by atoms with Gasteiger partial charge in [0, 0.05) is 13.6 Å². The van der Waals surface area contributed by atoms with Crippen LogP contribution >= 0.6 is 11.6 Å². The van der Waals surface area contributed by atoms with Crippen LogP contribution in [0.4, 0.5) is 4.79 Å². The van der Waals surface area contributed by atoms with Gasteiger partial charge >= 0.3 is 6.03 Å². The molecule has 0 radical (unpaired) electrons. The molecular formula is C9H16ClN3O3. The van der Waals surface area contributed by atoms with Gasteiger partial charge in [-0.2, -0.15) is 0 Å². The number of nitrogens with one attached hydrogen (secondary N) is 2. The Bertz CT molecular complexity index is 281. The van der Waals surface area contributed by atoms with Gasteiger partial charge in [0.25, 0.3) is 0 Å². The lowest BCUT2D eigenvalue weighted by molar-refractivity contribution is -0.122. The summed E-state index contributed by atoms with van der Waals surface area (Å²) < 4.78 is 0. The van der Waals surface area contributed by atoms with Gasteiger partial charge in [-0.15, -0.1) is 11.6 Å². The topological polar surface area (TPSA) is 78.5 Å². The molecule has 0 rings (SSSR count). The van der Waals surface area contributed by atoms with Crippen molar-refractivity contribution in [1.82, 2.24) is 15.5 Å². The molecule has 2 N–H and O–H groups in total. The summed E-state index contributed by atoms with van der Waals surface area (Å²) in [4.78, 5) is 34.7. The summed E-state index contributed by atoms with van der Waals surface area (Å²) in [6.07, 6.45) is 0. The number of nitrogens with zero attached hydrogens (tertiary/aromatic N) is 1. The summed E-state index contributed by atoms with van der Waals surface area (Å²) in [5.74, 6) is -0.874. The van der Waals surface area contributed by atoms with E-state index in [1.807, 2.05) is 0 Å². The predicted molar refractivity (Wildman–Crippen MR) is 60.2 cm³/mol. The molecule has 0 saturated heterocycles. The van der Waals surface area contributed by atoms with E-state index in [2.05, 4.69) is 10.6 Å². The molecule has 0 aliphatic rings. The molecule has 16 heavy (non-hydrogen) atoms. The second-order valence-corrected chi connectivity index (χ2v) is 3.87. The first-order valence-corrected chi connectivity index (χ1v) is 5.28. The number of rotatable bonds is 4. The maximum Gasteiger partial charge on any atom is 0.324 e. The number of urea groups is 1. The number of halogens is 1. The molecule has 0 aromatic rings. The van der Waals surface area contributed by atoms with Crippen LogP contribution in [-0.2, 0) is 9.59 Å². The molecule has 7 heteroatoms. The molecule has 0 spiro atoms. The highest BCUT2D eigenvalue weighted by atomic mass is 35.5. The zero-order valence-electron chi connectivity index (χ0n) is 9.54. The summed E-state index contributed by atoms with van der Waals surface area (Å²) >= 11 is 5.47. The van der Waals surface area contributed by atoms with Gasteiger partial charge in [-0.05, 0) is 13.8 Å². The van der Waals surface area contributed by atoms with Gasteiger partial charge in [0.2, 0.25) is 11.8 Å². The van der Waals surface area contributed by atoms with E-state index in [0.717, 1.165) is 4.90 Å². The first-order chi connectivity index (χ1) is 7.38. The lowest BCUT2D eigenvalue weighted by Crippen LogP contribution is -2.46. The number of carbonyl (C=O) groups is 3. The van der Waals surface area contributed by atoms with Crippen LogP contribution < -0.4 is 10.6 Å². The fourth-order valence-electron chi connectivity index (χ4n) is 0.841. The summed E-state index contributed by atoms with van der Waals surface area (Å²) in [5, 5.41) is 3.81. The molecule has 6 nitrogen and oxygen atoms in total. The minimum absolute atomic E-state index is 0.108. The highest BCUT2D eigenvalue weighted by Gasteiger charge is 2.17. The summed E-state index contributed by atoms with van der Waals surface area (Å²) in [6.45, 7) is 3.61. The maximum atomic E-state index is 11.4. The first kappa shape index (κ1) is 14.7. The van der Waals surface area contributed by atoms with Gasteiger partial charge in [-0.1, -0.05) is 0 Å². The standard InChI is InChI=1S/C9H16ClN3O3/c1-4-11-7(14)5-13(3)9(16)12-8(15)6(2)10/h6H,4-5H2,1-3H3,(H,11,14)(H,12,15,16). The third-order valence-electron chi connectivity index (χ3n) is 1.69. The van der Waals surface area contributed by atoms with Crippen molar-refractivity contribution in [3.05, 3.63) is 0 Å². The molecule has 1 atom stereocenters. The van der Waals surface area contributed by atoms with Crippen molar-refractivity contribution in [3.63, 3.8) is 0 Å². The van der Waals surface area contributed by atoms with Crippen molar-refractivity contribution in [1.29, 1.82) is 0 Å². The average molecular weight is 250 g/mol. The Labute approximate surface area is 99.3 Å². The van der Waals surface area contributed by atoms with Crippen LogP contribution in [0, 0.1) is 0 Å². The molecule has 0 saturated carbocycles. The first-order valence-electron chi connectivity index (χ1n) is 4.85. The smallest absolute Gasteiger partial charge is 0.324 e. The lowest BCUT2D eigenvalue weighted by Gasteiger charge is -2.16. The fraction of sp³-hybridized carbons (Fsp3) is 0.667. The Kier molecular flexibility index (Phi) is 6.48. The van der Waals surface area contributed by atoms with Crippen molar-refractivity contribution < 1.29 is 14.4 Å². The summed E-state index contributed by atoms with van der Waals surface area (Å²) in [5.41, 5.74) is 0. The van der Waals surface area contributed by atoms with Gasteiger partial charge in [-0.25, -0.2) is 4.79 Å². The van der Waals surface area contributed by atoms with Crippen LogP contribution in [0.3, 0.4) is 0 Å². The highest BCUT2D eigenvalue weighted by Crippen LogP contribution is 1.93. The Balaban J connectivity index is 4.09. The van der Waals surface area contributed by atoms with E-state index < -0.39 is 17.3 Å². The third kappa shape index (κ3) is 5.55. The molecule has 0 aromatic carbocycles. The van der Waals surface area contributed by atoms with Crippen molar-refractivity contribution in [2.75, 3.05) is 20.1 Å². The molecular weight excluding hydrogens is 234 g/mol. The Hall–Kier alpha value is -1.30. The Morgan fingerprint density at radius 2 is 1.94 bits per heavy atom. The second kappa shape index (κ2) is 7.05. The van der Waals surface area contributed by atoms with Crippen LogP contribution in [0.5, 0.6) is 0 Å². The van der Waals surface area contributed by atoms with E-state index in [9.17, 15) is 14.4 Å². The zero-order valence-corrected chi connectivity index (χ0v) is 10.3. The van der Waals surface area contributed by atoms with E-state index in [0.29, 0.717) is 6.54 Å². The van der Waals surface area contributed by atoms with E-state index in [-0.39, 0.29) is 12.5 Å². The van der Waals surface area contributed by atoms with E-state index in [4.69, 9.17) is 11.6 Å². The third-order valence-corrected chi connectivity index (χ3v) is 1.89. The second-order valence-electron chi connectivity index (χ2n) is 3.22. The van der Waals surface area contributed by atoms with E-state index in [1.165, 1.54) is 14.0 Å². The molecule has 0 aliphatic carbocycles.